The second-order valence-electron chi connectivity index (χ2n) is 2.25. The summed E-state index contributed by atoms with van der Waals surface area (Å²) in [6.45, 7) is -0.153. The first kappa shape index (κ1) is 8.76. The third kappa shape index (κ3) is 1.83. The monoisotopic (exact) mass is 169 g/mol. The van der Waals surface area contributed by atoms with Crippen LogP contribution in [0.5, 0.6) is 0 Å². The van der Waals surface area contributed by atoms with Gasteiger partial charge in [-0.3, -0.25) is 9.48 Å². The lowest BCUT2D eigenvalue weighted by molar-refractivity contribution is -0.118. The molecule has 1 heterocycles. The molecule has 0 aromatic carbocycles. The highest BCUT2D eigenvalue weighted by molar-refractivity contribution is 6.57. The van der Waals surface area contributed by atoms with E-state index < -0.39 is 13.0 Å². The van der Waals surface area contributed by atoms with E-state index in [1.54, 1.807) is 0 Å². The summed E-state index contributed by atoms with van der Waals surface area (Å²) >= 11 is 0. The number of amides is 1. The van der Waals surface area contributed by atoms with Crippen LogP contribution in [0.2, 0.25) is 0 Å². The number of aromatic nitrogens is 2. The third-order valence-corrected chi connectivity index (χ3v) is 1.32. The molecule has 1 rings (SSSR count). The second-order valence-corrected chi connectivity index (χ2v) is 2.25. The van der Waals surface area contributed by atoms with Gasteiger partial charge in [0.15, 0.2) is 0 Å². The standard InChI is InChI=1S/C5H8BN3O3/c7-5(10)3-9-4(6(11)12)1-2-8-9/h1-2,11-12H,3H2,(H2,7,10). The van der Waals surface area contributed by atoms with Crippen molar-refractivity contribution >= 4 is 18.6 Å². The minimum atomic E-state index is -1.63. The fourth-order valence-corrected chi connectivity index (χ4v) is 0.842. The molecular formula is C5H8BN3O3. The first-order valence-corrected chi connectivity index (χ1v) is 3.27. The van der Waals surface area contributed by atoms with E-state index >= 15 is 0 Å². The molecule has 12 heavy (non-hydrogen) atoms. The summed E-state index contributed by atoms with van der Waals surface area (Å²) in [4.78, 5) is 10.4. The summed E-state index contributed by atoms with van der Waals surface area (Å²) in [5.74, 6) is -0.583. The van der Waals surface area contributed by atoms with E-state index in [1.807, 2.05) is 0 Å². The SMILES string of the molecule is NC(=O)Cn1nccc1B(O)O. The zero-order valence-electron chi connectivity index (χ0n) is 6.21. The van der Waals surface area contributed by atoms with Crippen molar-refractivity contribution in [1.82, 2.24) is 9.78 Å². The average molecular weight is 169 g/mol. The summed E-state index contributed by atoms with van der Waals surface area (Å²) in [5.41, 5.74) is 5.04. The maximum atomic E-state index is 10.4. The molecule has 0 unspecified atom stereocenters. The number of nitrogens with two attached hydrogens (primary N) is 1. The van der Waals surface area contributed by atoms with Crippen molar-refractivity contribution in [2.75, 3.05) is 0 Å². The van der Waals surface area contributed by atoms with Crippen LogP contribution in [0.15, 0.2) is 12.3 Å². The molecule has 0 bridgehead atoms. The van der Waals surface area contributed by atoms with Gasteiger partial charge in [-0.2, -0.15) is 5.10 Å². The quantitative estimate of drug-likeness (QED) is 0.421. The Kier molecular flexibility index (Phi) is 2.46. The van der Waals surface area contributed by atoms with Gasteiger partial charge >= 0.3 is 7.12 Å². The summed E-state index contributed by atoms with van der Waals surface area (Å²) in [6.07, 6.45) is 1.36. The van der Waals surface area contributed by atoms with Crippen LogP contribution in [0.4, 0.5) is 0 Å². The number of carbonyl (C=O) groups is 1. The fourth-order valence-electron chi connectivity index (χ4n) is 0.842. The molecule has 0 saturated heterocycles. The van der Waals surface area contributed by atoms with Crippen LogP contribution in [-0.4, -0.2) is 32.9 Å². The maximum absolute atomic E-state index is 10.4. The molecule has 0 saturated carbocycles. The van der Waals surface area contributed by atoms with Gasteiger partial charge in [0, 0.05) is 6.20 Å². The minimum Gasteiger partial charge on any atom is -0.422 e. The Hall–Kier alpha value is -1.34. The lowest BCUT2D eigenvalue weighted by atomic mass is 9.86. The molecule has 0 atom stereocenters. The Morgan fingerprint density at radius 2 is 2.42 bits per heavy atom. The Bertz CT molecular complexity index is 285. The van der Waals surface area contributed by atoms with E-state index in [4.69, 9.17) is 15.8 Å². The van der Waals surface area contributed by atoms with Crippen molar-refractivity contribution in [3.63, 3.8) is 0 Å². The van der Waals surface area contributed by atoms with Gasteiger partial charge in [-0.15, -0.1) is 0 Å². The molecule has 6 nitrogen and oxygen atoms in total. The van der Waals surface area contributed by atoms with Crippen LogP contribution in [0.1, 0.15) is 0 Å². The maximum Gasteiger partial charge on any atom is 0.507 e. The number of rotatable bonds is 3. The van der Waals surface area contributed by atoms with Crippen LogP contribution in [0.3, 0.4) is 0 Å². The predicted octanol–water partition coefficient (Wildman–Crippen LogP) is -2.95. The van der Waals surface area contributed by atoms with Crippen molar-refractivity contribution in [3.8, 4) is 0 Å². The normalized spacial score (nSPS) is 9.83. The van der Waals surface area contributed by atoms with Crippen LogP contribution in [0, 0.1) is 0 Å². The van der Waals surface area contributed by atoms with Gasteiger partial charge in [0.2, 0.25) is 5.91 Å². The number of nitrogens with zero attached hydrogens (tertiary/aromatic N) is 2. The molecule has 0 radical (unpaired) electrons. The Morgan fingerprint density at radius 3 is 2.92 bits per heavy atom. The summed E-state index contributed by atoms with van der Waals surface area (Å²) in [7, 11) is -1.63. The molecule has 7 heteroatoms. The summed E-state index contributed by atoms with van der Waals surface area (Å²) in [5, 5.41) is 21.2. The van der Waals surface area contributed by atoms with Crippen molar-refractivity contribution in [2.45, 2.75) is 6.54 Å². The van der Waals surface area contributed by atoms with Crippen molar-refractivity contribution in [1.29, 1.82) is 0 Å². The lowest BCUT2D eigenvalue weighted by Crippen LogP contribution is -2.39. The fraction of sp³-hybridized carbons (Fsp3) is 0.200. The Morgan fingerprint density at radius 1 is 1.75 bits per heavy atom. The van der Waals surface area contributed by atoms with Gasteiger partial charge in [0.25, 0.3) is 0 Å². The van der Waals surface area contributed by atoms with Gasteiger partial charge in [0.05, 0.1) is 5.59 Å². The number of hydrogen-bond acceptors (Lipinski definition) is 4. The summed E-state index contributed by atoms with van der Waals surface area (Å²) in [6, 6.07) is 1.40. The molecule has 64 valence electrons. The number of carbonyl (C=O) groups excluding carboxylic acids is 1. The van der Waals surface area contributed by atoms with E-state index in [2.05, 4.69) is 5.10 Å². The molecule has 4 N–H and O–H groups in total. The highest BCUT2D eigenvalue weighted by Crippen LogP contribution is 1.83. The average Bonchev–Trinajstić information content (AvgIpc) is 2.33. The molecule has 0 aliphatic heterocycles. The van der Waals surface area contributed by atoms with Gasteiger partial charge in [-0.25, -0.2) is 0 Å². The molecule has 1 aromatic rings. The molecule has 1 amide bonds. The van der Waals surface area contributed by atoms with E-state index in [1.165, 1.54) is 12.3 Å². The van der Waals surface area contributed by atoms with Crippen LogP contribution in [-0.2, 0) is 11.3 Å². The van der Waals surface area contributed by atoms with E-state index in [0.717, 1.165) is 4.68 Å². The molecule has 0 spiro atoms. The van der Waals surface area contributed by atoms with Gasteiger partial charge in [0.1, 0.15) is 6.54 Å². The first-order valence-electron chi connectivity index (χ1n) is 3.27. The molecule has 1 aromatic heterocycles. The Labute approximate surface area is 68.8 Å². The van der Waals surface area contributed by atoms with Crippen molar-refractivity contribution in [2.24, 2.45) is 5.73 Å². The molecule has 0 aliphatic carbocycles. The van der Waals surface area contributed by atoms with Crippen LogP contribution in [0.25, 0.3) is 0 Å². The predicted molar refractivity (Wildman–Crippen MR) is 41.2 cm³/mol. The topological polar surface area (TPSA) is 101 Å². The molecule has 0 fully saturated rings. The van der Waals surface area contributed by atoms with Gasteiger partial charge in [-0.05, 0) is 6.07 Å². The second kappa shape index (κ2) is 3.37. The summed E-state index contributed by atoms with van der Waals surface area (Å²) < 4.78 is 1.13. The minimum absolute atomic E-state index is 0.147. The van der Waals surface area contributed by atoms with Crippen LogP contribution >= 0.6 is 0 Å². The molecular weight excluding hydrogens is 161 g/mol. The highest BCUT2D eigenvalue weighted by atomic mass is 16.4. The van der Waals surface area contributed by atoms with Crippen molar-refractivity contribution in [3.05, 3.63) is 12.3 Å². The largest absolute Gasteiger partial charge is 0.507 e. The number of primary amides is 1. The lowest BCUT2D eigenvalue weighted by Gasteiger charge is -2.02. The van der Waals surface area contributed by atoms with E-state index in [-0.39, 0.29) is 12.1 Å². The highest BCUT2D eigenvalue weighted by Gasteiger charge is 2.17. The van der Waals surface area contributed by atoms with Gasteiger partial charge < -0.3 is 15.8 Å². The third-order valence-electron chi connectivity index (χ3n) is 1.32. The van der Waals surface area contributed by atoms with Crippen molar-refractivity contribution < 1.29 is 14.8 Å². The van der Waals surface area contributed by atoms with E-state index in [0.29, 0.717) is 0 Å². The first-order chi connectivity index (χ1) is 5.61. The molecule has 0 aliphatic rings. The zero-order chi connectivity index (χ0) is 9.14. The smallest absolute Gasteiger partial charge is 0.422 e. The number of hydrogen-bond donors (Lipinski definition) is 3. The van der Waals surface area contributed by atoms with E-state index in [9.17, 15) is 4.79 Å². The van der Waals surface area contributed by atoms with Gasteiger partial charge in [-0.1, -0.05) is 0 Å². The zero-order valence-corrected chi connectivity index (χ0v) is 6.21. The Balaban J connectivity index is 2.84. The van der Waals surface area contributed by atoms with Crippen LogP contribution < -0.4 is 11.3 Å².